The molecule has 0 aliphatic carbocycles. The second-order valence-corrected chi connectivity index (χ2v) is 5.51. The van der Waals surface area contributed by atoms with Crippen LogP contribution in [-0.4, -0.2) is 5.90 Å². The van der Waals surface area contributed by atoms with Crippen LogP contribution in [0.25, 0.3) is 0 Å². The van der Waals surface area contributed by atoms with Gasteiger partial charge in [-0.15, -0.1) is 0 Å². The first-order chi connectivity index (χ1) is 9.64. The van der Waals surface area contributed by atoms with Gasteiger partial charge in [0.25, 0.3) is 0 Å². The van der Waals surface area contributed by atoms with Crippen molar-refractivity contribution in [3.05, 3.63) is 64.7 Å². The Labute approximate surface area is 124 Å². The number of halogens is 1. The minimum Gasteiger partial charge on any atom is -0.466 e. The van der Waals surface area contributed by atoms with Gasteiger partial charge in [-0.25, -0.2) is 4.99 Å². The maximum Gasteiger partial charge on any atom is 0.223 e. The largest absolute Gasteiger partial charge is 0.466 e. The summed E-state index contributed by atoms with van der Waals surface area (Å²) in [6.45, 7) is 4.21. The lowest BCUT2D eigenvalue weighted by Gasteiger charge is -2.35. The lowest BCUT2D eigenvalue weighted by atomic mass is 9.90. The van der Waals surface area contributed by atoms with Crippen molar-refractivity contribution in [1.29, 1.82) is 0 Å². The van der Waals surface area contributed by atoms with Crippen molar-refractivity contribution in [2.24, 2.45) is 4.99 Å². The predicted octanol–water partition coefficient (Wildman–Crippen LogP) is 5.07. The third kappa shape index (κ3) is 2.10. The molecule has 0 radical (unpaired) electrons. The Balaban J connectivity index is 2.17. The van der Waals surface area contributed by atoms with Crippen LogP contribution in [0.2, 0.25) is 5.02 Å². The van der Waals surface area contributed by atoms with Crippen molar-refractivity contribution < 1.29 is 4.74 Å². The van der Waals surface area contributed by atoms with Crippen molar-refractivity contribution in [3.8, 4) is 0 Å². The van der Waals surface area contributed by atoms with Crippen molar-refractivity contribution in [2.75, 3.05) is 0 Å². The van der Waals surface area contributed by atoms with Gasteiger partial charge in [-0.05, 0) is 31.5 Å². The lowest BCUT2D eigenvalue weighted by molar-refractivity contribution is 0.0660. The minimum atomic E-state index is -0.368. The topological polar surface area (TPSA) is 21.6 Å². The van der Waals surface area contributed by atoms with Crippen LogP contribution >= 0.6 is 11.6 Å². The maximum atomic E-state index is 6.26. The molecule has 20 heavy (non-hydrogen) atoms. The second kappa shape index (κ2) is 4.95. The van der Waals surface area contributed by atoms with Gasteiger partial charge in [-0.3, -0.25) is 0 Å². The van der Waals surface area contributed by atoms with Crippen LogP contribution in [0, 0.1) is 0 Å². The van der Waals surface area contributed by atoms with Crippen LogP contribution in [0.5, 0.6) is 0 Å². The number of fused-ring (bicyclic) bond motifs is 1. The van der Waals surface area contributed by atoms with E-state index < -0.39 is 0 Å². The summed E-state index contributed by atoms with van der Waals surface area (Å²) in [5, 5.41) is 0.657. The molecule has 0 N–H and O–H groups in total. The highest BCUT2D eigenvalue weighted by molar-refractivity contribution is 6.33. The van der Waals surface area contributed by atoms with Crippen molar-refractivity contribution in [3.63, 3.8) is 0 Å². The molecule has 0 amide bonds. The fourth-order valence-electron chi connectivity index (χ4n) is 2.43. The summed E-state index contributed by atoms with van der Waals surface area (Å²) in [5.41, 5.74) is 2.55. The number of ether oxygens (including phenoxy) is 1. The number of hydrogen-bond acceptors (Lipinski definition) is 2. The zero-order chi connectivity index (χ0) is 14.2. The maximum absolute atomic E-state index is 6.26. The number of para-hydroxylation sites is 1. The molecule has 2 aromatic carbocycles. The van der Waals surface area contributed by atoms with Crippen LogP contribution in [0.4, 0.5) is 5.69 Å². The number of hydrogen-bond donors (Lipinski definition) is 0. The summed E-state index contributed by atoms with van der Waals surface area (Å²) >= 11 is 6.26. The van der Waals surface area contributed by atoms with Gasteiger partial charge in [0.1, 0.15) is 5.60 Å². The Morgan fingerprint density at radius 3 is 2.55 bits per heavy atom. The predicted molar refractivity (Wildman–Crippen MR) is 82.8 cm³/mol. The van der Waals surface area contributed by atoms with E-state index in [0.29, 0.717) is 10.9 Å². The molecule has 0 saturated carbocycles. The molecular weight excluding hydrogens is 270 g/mol. The van der Waals surface area contributed by atoms with E-state index in [1.807, 2.05) is 42.5 Å². The molecule has 0 aromatic heterocycles. The first-order valence-corrected chi connectivity index (χ1v) is 7.14. The molecular formula is C17H16ClNO. The lowest BCUT2D eigenvalue weighted by Crippen LogP contribution is -2.31. The molecule has 1 aliphatic rings. The number of nitrogens with zero attached hydrogens (tertiary/aromatic N) is 1. The highest BCUT2D eigenvalue weighted by Gasteiger charge is 2.34. The van der Waals surface area contributed by atoms with E-state index in [4.69, 9.17) is 16.3 Å². The van der Waals surface area contributed by atoms with Gasteiger partial charge < -0.3 is 4.74 Å². The average Bonchev–Trinajstić information content (AvgIpc) is 2.48. The Bertz CT molecular complexity index is 680. The Morgan fingerprint density at radius 1 is 1.10 bits per heavy atom. The van der Waals surface area contributed by atoms with E-state index in [0.717, 1.165) is 23.2 Å². The molecule has 0 spiro atoms. The van der Waals surface area contributed by atoms with Crippen LogP contribution in [0.3, 0.4) is 0 Å². The monoisotopic (exact) mass is 285 g/mol. The summed E-state index contributed by atoms with van der Waals surface area (Å²) in [7, 11) is 0. The van der Waals surface area contributed by atoms with Gasteiger partial charge in [-0.1, -0.05) is 48.9 Å². The van der Waals surface area contributed by atoms with E-state index in [1.165, 1.54) is 0 Å². The first kappa shape index (κ1) is 13.2. The van der Waals surface area contributed by atoms with Crippen molar-refractivity contribution in [1.82, 2.24) is 0 Å². The SMILES string of the molecule is CCC1(C)OC(c2ccccc2Cl)=Nc2ccccc21. The van der Waals surface area contributed by atoms with E-state index in [-0.39, 0.29) is 5.60 Å². The second-order valence-electron chi connectivity index (χ2n) is 5.10. The van der Waals surface area contributed by atoms with Crippen LogP contribution in [-0.2, 0) is 10.3 Å². The van der Waals surface area contributed by atoms with E-state index in [2.05, 4.69) is 24.9 Å². The van der Waals surface area contributed by atoms with E-state index >= 15 is 0 Å². The van der Waals surface area contributed by atoms with Crippen LogP contribution in [0.1, 0.15) is 31.4 Å². The van der Waals surface area contributed by atoms with Gasteiger partial charge in [-0.2, -0.15) is 0 Å². The number of rotatable bonds is 2. The molecule has 1 aliphatic heterocycles. The van der Waals surface area contributed by atoms with Gasteiger partial charge in [0.15, 0.2) is 0 Å². The smallest absolute Gasteiger partial charge is 0.223 e. The third-order valence-electron chi connectivity index (χ3n) is 3.80. The normalized spacial score (nSPS) is 20.9. The van der Waals surface area contributed by atoms with E-state index in [9.17, 15) is 0 Å². The Morgan fingerprint density at radius 2 is 1.80 bits per heavy atom. The highest BCUT2D eigenvalue weighted by Crippen LogP contribution is 2.41. The van der Waals surface area contributed by atoms with Gasteiger partial charge in [0.2, 0.25) is 5.90 Å². The third-order valence-corrected chi connectivity index (χ3v) is 4.13. The summed E-state index contributed by atoms with van der Waals surface area (Å²) in [6.07, 6.45) is 0.869. The molecule has 1 atom stereocenters. The summed E-state index contributed by atoms with van der Waals surface area (Å²) in [5.74, 6) is 0.596. The van der Waals surface area contributed by atoms with Crippen LogP contribution in [0.15, 0.2) is 53.5 Å². The molecule has 3 rings (SSSR count). The standard InChI is InChI=1S/C17H16ClNO/c1-3-17(2)13-9-5-7-11-15(13)19-16(20-17)12-8-4-6-10-14(12)18/h4-11H,3H2,1-2H3. The molecule has 0 bridgehead atoms. The van der Waals surface area contributed by atoms with Gasteiger partial charge >= 0.3 is 0 Å². The zero-order valence-corrected chi connectivity index (χ0v) is 12.3. The van der Waals surface area contributed by atoms with Crippen LogP contribution < -0.4 is 0 Å². The molecule has 1 heterocycles. The van der Waals surface area contributed by atoms with Crippen molar-refractivity contribution >= 4 is 23.2 Å². The van der Waals surface area contributed by atoms with Crippen molar-refractivity contribution in [2.45, 2.75) is 25.9 Å². The highest BCUT2D eigenvalue weighted by atomic mass is 35.5. The number of benzene rings is 2. The molecule has 2 aromatic rings. The molecule has 2 nitrogen and oxygen atoms in total. The number of aliphatic imine (C=N–C) groups is 1. The molecule has 3 heteroatoms. The quantitative estimate of drug-likeness (QED) is 0.754. The summed E-state index contributed by atoms with van der Waals surface area (Å²) < 4.78 is 6.18. The Kier molecular flexibility index (Phi) is 3.27. The van der Waals surface area contributed by atoms with Gasteiger partial charge in [0, 0.05) is 5.56 Å². The fourth-order valence-corrected chi connectivity index (χ4v) is 2.65. The summed E-state index contributed by atoms with van der Waals surface area (Å²) in [6, 6.07) is 15.7. The minimum absolute atomic E-state index is 0.368. The molecule has 0 fully saturated rings. The fraction of sp³-hybridized carbons (Fsp3) is 0.235. The summed E-state index contributed by atoms with van der Waals surface area (Å²) in [4.78, 5) is 4.63. The molecule has 0 saturated heterocycles. The van der Waals surface area contributed by atoms with E-state index in [1.54, 1.807) is 0 Å². The zero-order valence-electron chi connectivity index (χ0n) is 11.6. The molecule has 102 valence electrons. The molecule has 1 unspecified atom stereocenters. The first-order valence-electron chi connectivity index (χ1n) is 6.76. The Hall–Kier alpha value is -1.80. The average molecular weight is 286 g/mol. The van der Waals surface area contributed by atoms with Gasteiger partial charge in [0.05, 0.1) is 16.3 Å².